The molecule has 35 heavy (non-hydrogen) atoms. The first-order valence-corrected chi connectivity index (χ1v) is 13.8. The first kappa shape index (κ1) is 25.0. The molecule has 4 nitrogen and oxygen atoms in total. The molecule has 3 fully saturated rings. The summed E-state index contributed by atoms with van der Waals surface area (Å²) in [6, 6.07) is 20.0. The number of hydrogen-bond acceptors (Lipinski definition) is 4. The van der Waals surface area contributed by atoms with Crippen LogP contribution in [0.2, 0.25) is 0 Å². The Hall–Kier alpha value is -1.72. The van der Waals surface area contributed by atoms with Gasteiger partial charge in [-0.15, -0.1) is 0 Å². The SMILES string of the molecule is CC1(C)O[C@H]([C@@](O)(c2ccccc2)C2CCCCC2)[C@@H]([C@@](O)(c2ccccc2)C2CCCCC2)O1. The lowest BCUT2D eigenvalue weighted by molar-refractivity contribution is -0.189. The number of aliphatic hydroxyl groups is 2. The van der Waals surface area contributed by atoms with Gasteiger partial charge in [0.1, 0.15) is 23.4 Å². The van der Waals surface area contributed by atoms with E-state index in [1.165, 1.54) is 12.8 Å². The van der Waals surface area contributed by atoms with Crippen LogP contribution in [0.3, 0.4) is 0 Å². The Bertz CT molecular complexity index is 871. The molecular formula is C31H42O4. The molecule has 0 aromatic heterocycles. The van der Waals surface area contributed by atoms with E-state index >= 15 is 0 Å². The fraction of sp³-hybridized carbons (Fsp3) is 0.613. The molecule has 1 heterocycles. The molecule has 1 aliphatic heterocycles. The van der Waals surface area contributed by atoms with Crippen molar-refractivity contribution in [2.45, 2.75) is 107 Å². The second-order valence-corrected chi connectivity index (χ2v) is 11.5. The first-order chi connectivity index (χ1) is 16.9. The van der Waals surface area contributed by atoms with Crippen LogP contribution in [0.5, 0.6) is 0 Å². The second-order valence-electron chi connectivity index (χ2n) is 11.5. The highest BCUT2D eigenvalue weighted by Crippen LogP contribution is 2.54. The zero-order chi connectivity index (χ0) is 24.5. The van der Waals surface area contributed by atoms with E-state index in [1.54, 1.807) is 0 Å². The Morgan fingerprint density at radius 3 is 1.29 bits per heavy atom. The molecule has 0 bridgehead atoms. The number of ether oxygens (including phenoxy) is 2. The standard InChI is InChI=1S/C31H42O4/c1-29(2)34-27(30(32,23-15-7-3-8-16-23)24-17-9-4-10-18-24)28(35-29)31(33,25-19-11-5-12-20-25)26-21-13-6-14-22-26/h3,5,7-8,11-12,15-16,19-20,24,26-28,32-33H,4,6,9-10,13-14,17-18,21-22H2,1-2H3/t27-,28-,30+,31+/m0/s1. The Morgan fingerprint density at radius 2 is 0.943 bits per heavy atom. The molecule has 0 radical (unpaired) electrons. The minimum Gasteiger partial charge on any atom is -0.382 e. The van der Waals surface area contributed by atoms with Gasteiger partial charge in [0.25, 0.3) is 0 Å². The van der Waals surface area contributed by atoms with Crippen LogP contribution in [0.25, 0.3) is 0 Å². The monoisotopic (exact) mass is 478 g/mol. The third kappa shape index (κ3) is 4.59. The van der Waals surface area contributed by atoms with Crippen LogP contribution in [0.15, 0.2) is 60.7 Å². The average molecular weight is 479 g/mol. The van der Waals surface area contributed by atoms with E-state index < -0.39 is 29.2 Å². The molecule has 1 saturated heterocycles. The molecule has 5 rings (SSSR count). The van der Waals surface area contributed by atoms with E-state index in [9.17, 15) is 10.2 Å². The van der Waals surface area contributed by atoms with Crippen molar-refractivity contribution < 1.29 is 19.7 Å². The fourth-order valence-corrected chi connectivity index (χ4v) is 7.16. The highest BCUT2D eigenvalue weighted by molar-refractivity contribution is 5.31. The van der Waals surface area contributed by atoms with Crippen LogP contribution in [0.1, 0.15) is 89.2 Å². The van der Waals surface area contributed by atoms with Gasteiger partial charge in [-0.3, -0.25) is 0 Å². The Labute approximate surface area is 210 Å². The maximum Gasteiger partial charge on any atom is 0.164 e. The zero-order valence-corrected chi connectivity index (χ0v) is 21.4. The minimum absolute atomic E-state index is 0.0510. The molecule has 3 aliphatic rings. The van der Waals surface area contributed by atoms with Crippen LogP contribution >= 0.6 is 0 Å². The average Bonchev–Trinajstić information content (AvgIpc) is 3.26. The third-order valence-electron chi connectivity index (χ3n) is 8.89. The molecule has 190 valence electrons. The summed E-state index contributed by atoms with van der Waals surface area (Å²) in [6.07, 6.45) is 9.25. The molecule has 2 aliphatic carbocycles. The van der Waals surface area contributed by atoms with E-state index in [0.717, 1.165) is 62.5 Å². The predicted molar refractivity (Wildman–Crippen MR) is 138 cm³/mol. The van der Waals surface area contributed by atoms with Crippen molar-refractivity contribution in [1.82, 2.24) is 0 Å². The quantitative estimate of drug-likeness (QED) is 0.501. The minimum atomic E-state index is -1.25. The van der Waals surface area contributed by atoms with Gasteiger partial charge >= 0.3 is 0 Å². The van der Waals surface area contributed by atoms with Crippen LogP contribution in [-0.4, -0.2) is 28.2 Å². The summed E-state index contributed by atoms with van der Waals surface area (Å²) in [6.45, 7) is 3.83. The van der Waals surface area contributed by atoms with Crippen molar-refractivity contribution in [2.75, 3.05) is 0 Å². The van der Waals surface area contributed by atoms with Gasteiger partial charge < -0.3 is 19.7 Å². The van der Waals surface area contributed by atoms with E-state index in [0.29, 0.717) is 0 Å². The van der Waals surface area contributed by atoms with Gasteiger partial charge in [0.15, 0.2) is 5.79 Å². The fourth-order valence-electron chi connectivity index (χ4n) is 7.16. The van der Waals surface area contributed by atoms with Gasteiger partial charge in [-0.05, 0) is 62.5 Å². The molecule has 4 heteroatoms. The van der Waals surface area contributed by atoms with E-state index in [4.69, 9.17) is 9.47 Å². The highest BCUT2D eigenvalue weighted by atomic mass is 16.8. The molecule has 0 spiro atoms. The van der Waals surface area contributed by atoms with Crippen molar-refractivity contribution in [1.29, 1.82) is 0 Å². The molecule has 2 aromatic carbocycles. The maximum absolute atomic E-state index is 12.8. The second kappa shape index (κ2) is 9.97. The summed E-state index contributed by atoms with van der Waals surface area (Å²) in [4.78, 5) is 0. The summed E-state index contributed by atoms with van der Waals surface area (Å²) in [5.74, 6) is -0.811. The normalized spacial score (nSPS) is 29.4. The van der Waals surface area contributed by atoms with Crippen molar-refractivity contribution in [3.8, 4) is 0 Å². The molecule has 4 atom stereocenters. The lowest BCUT2D eigenvalue weighted by Crippen LogP contribution is -2.59. The van der Waals surface area contributed by atoms with Crippen molar-refractivity contribution in [3.05, 3.63) is 71.8 Å². The van der Waals surface area contributed by atoms with Crippen molar-refractivity contribution in [3.63, 3.8) is 0 Å². The molecule has 2 N–H and O–H groups in total. The van der Waals surface area contributed by atoms with Gasteiger partial charge in [-0.1, -0.05) is 99.2 Å². The lowest BCUT2D eigenvalue weighted by Gasteiger charge is -2.49. The summed E-state index contributed by atoms with van der Waals surface area (Å²) in [5.41, 5.74) is -0.778. The lowest BCUT2D eigenvalue weighted by atomic mass is 9.63. The maximum atomic E-state index is 12.8. The van der Waals surface area contributed by atoms with E-state index in [-0.39, 0.29) is 11.8 Å². The summed E-state index contributed by atoms with van der Waals surface area (Å²) < 4.78 is 13.3. The van der Waals surface area contributed by atoms with Gasteiger partial charge in [-0.2, -0.15) is 0 Å². The first-order valence-electron chi connectivity index (χ1n) is 13.8. The number of hydrogen-bond donors (Lipinski definition) is 2. The smallest absolute Gasteiger partial charge is 0.164 e. The van der Waals surface area contributed by atoms with Gasteiger partial charge in [0, 0.05) is 0 Å². The van der Waals surface area contributed by atoms with Crippen LogP contribution in [0, 0.1) is 11.8 Å². The van der Waals surface area contributed by atoms with Crippen molar-refractivity contribution in [2.24, 2.45) is 11.8 Å². The topological polar surface area (TPSA) is 58.9 Å². The Morgan fingerprint density at radius 1 is 0.600 bits per heavy atom. The van der Waals surface area contributed by atoms with Crippen molar-refractivity contribution >= 4 is 0 Å². The van der Waals surface area contributed by atoms with Gasteiger partial charge in [-0.25, -0.2) is 0 Å². The van der Waals surface area contributed by atoms with Crippen LogP contribution < -0.4 is 0 Å². The Kier molecular flexibility index (Phi) is 7.11. The highest BCUT2D eigenvalue weighted by Gasteiger charge is 2.63. The van der Waals surface area contributed by atoms with E-state index in [2.05, 4.69) is 0 Å². The molecule has 0 amide bonds. The number of rotatable bonds is 6. The predicted octanol–water partition coefficient (Wildman–Crippen LogP) is 6.44. The van der Waals surface area contributed by atoms with Crippen LogP contribution in [-0.2, 0) is 20.7 Å². The van der Waals surface area contributed by atoms with Gasteiger partial charge in [0.05, 0.1) is 0 Å². The largest absolute Gasteiger partial charge is 0.382 e. The zero-order valence-electron chi connectivity index (χ0n) is 21.4. The summed E-state index contributed by atoms with van der Waals surface area (Å²) >= 11 is 0. The molecule has 2 aromatic rings. The molecule has 0 unspecified atom stereocenters. The third-order valence-corrected chi connectivity index (χ3v) is 8.89. The van der Waals surface area contributed by atoms with Crippen LogP contribution in [0.4, 0.5) is 0 Å². The Balaban J connectivity index is 1.65. The molecular weight excluding hydrogens is 436 g/mol. The van der Waals surface area contributed by atoms with E-state index in [1.807, 2.05) is 74.5 Å². The summed E-state index contributed by atoms with van der Waals surface area (Å²) in [7, 11) is 0. The van der Waals surface area contributed by atoms with Gasteiger partial charge in [0.2, 0.25) is 0 Å². The number of benzene rings is 2. The summed E-state index contributed by atoms with van der Waals surface area (Å²) in [5, 5.41) is 25.6. The molecule has 2 saturated carbocycles.